The third-order valence-electron chi connectivity index (χ3n) is 3.02. The van der Waals surface area contributed by atoms with E-state index in [1.165, 1.54) is 0 Å². The van der Waals surface area contributed by atoms with Gasteiger partial charge in [-0.15, -0.1) is 0 Å². The maximum atomic E-state index is 5.79. The highest BCUT2D eigenvalue weighted by atomic mass is 32.1. The molecule has 0 aromatic carbocycles. The van der Waals surface area contributed by atoms with Crippen molar-refractivity contribution in [3.05, 3.63) is 0 Å². The highest BCUT2D eigenvalue weighted by Gasteiger charge is 2.32. The molecule has 0 radical (unpaired) electrons. The maximum absolute atomic E-state index is 5.79. The van der Waals surface area contributed by atoms with E-state index < -0.39 is 0 Å². The van der Waals surface area contributed by atoms with Gasteiger partial charge in [-0.2, -0.15) is 37.9 Å². The molecule has 0 amide bonds. The van der Waals surface area contributed by atoms with E-state index in [4.69, 9.17) is 18.9 Å². The van der Waals surface area contributed by atoms with Crippen LogP contribution in [0.1, 0.15) is 19.3 Å². The lowest BCUT2D eigenvalue weighted by Crippen LogP contribution is -2.41. The quantitative estimate of drug-likeness (QED) is 0.271. The van der Waals surface area contributed by atoms with Crippen LogP contribution in [0.25, 0.3) is 0 Å². The molecule has 0 bridgehead atoms. The van der Waals surface area contributed by atoms with Gasteiger partial charge in [-0.1, -0.05) is 0 Å². The Balaban J connectivity index is 4.39. The minimum Gasteiger partial charge on any atom is -0.384 e. The average molecular weight is 373 g/mol. The second-order valence-corrected chi connectivity index (χ2v) is 6.66. The molecular formula is C15H32O4S3. The monoisotopic (exact) mass is 372 g/mol. The van der Waals surface area contributed by atoms with Crippen molar-refractivity contribution in [2.24, 2.45) is 5.41 Å². The first-order valence-corrected chi connectivity index (χ1v) is 9.69. The summed E-state index contributed by atoms with van der Waals surface area (Å²) in [4.78, 5) is 0. The van der Waals surface area contributed by atoms with Crippen LogP contribution in [-0.4, -0.2) is 70.6 Å². The minimum atomic E-state index is -0.265. The van der Waals surface area contributed by atoms with Crippen LogP contribution in [0.4, 0.5) is 0 Å². The van der Waals surface area contributed by atoms with Crippen LogP contribution < -0.4 is 0 Å². The molecule has 22 heavy (non-hydrogen) atoms. The molecule has 0 N–H and O–H groups in total. The Morgan fingerprint density at radius 3 is 1.27 bits per heavy atom. The Morgan fingerprint density at radius 2 is 1.00 bits per heavy atom. The summed E-state index contributed by atoms with van der Waals surface area (Å²) < 4.78 is 22.8. The highest BCUT2D eigenvalue weighted by Crippen LogP contribution is 2.21. The fourth-order valence-corrected chi connectivity index (χ4v) is 2.31. The molecule has 0 aliphatic heterocycles. The van der Waals surface area contributed by atoms with Crippen molar-refractivity contribution < 1.29 is 18.9 Å². The maximum Gasteiger partial charge on any atom is 0.0637 e. The average Bonchev–Trinajstić information content (AvgIpc) is 2.53. The summed E-state index contributed by atoms with van der Waals surface area (Å²) in [7, 11) is 1.70. The molecule has 0 aromatic rings. The summed E-state index contributed by atoms with van der Waals surface area (Å²) >= 11 is 12.6. The van der Waals surface area contributed by atoms with Gasteiger partial charge in [0.1, 0.15) is 0 Å². The molecule has 0 saturated carbocycles. The summed E-state index contributed by atoms with van der Waals surface area (Å²) in [5.41, 5.74) is -0.265. The Bertz CT molecular complexity index is 202. The first kappa shape index (κ1) is 22.9. The van der Waals surface area contributed by atoms with Crippen molar-refractivity contribution in [1.82, 2.24) is 0 Å². The van der Waals surface area contributed by atoms with E-state index in [1.54, 1.807) is 7.11 Å². The first-order valence-electron chi connectivity index (χ1n) is 7.79. The molecule has 4 nitrogen and oxygen atoms in total. The first-order chi connectivity index (χ1) is 10.7. The molecule has 134 valence electrons. The fourth-order valence-electron chi connectivity index (χ4n) is 1.92. The number of ether oxygens (including phenoxy) is 4. The largest absolute Gasteiger partial charge is 0.384 e. The summed E-state index contributed by atoms with van der Waals surface area (Å²) in [6.45, 7) is 4.34. The zero-order chi connectivity index (χ0) is 16.5. The van der Waals surface area contributed by atoms with Crippen molar-refractivity contribution in [3.63, 3.8) is 0 Å². The number of hydrogen-bond donors (Lipinski definition) is 3. The number of thiol groups is 3. The van der Waals surface area contributed by atoms with Gasteiger partial charge >= 0.3 is 0 Å². The van der Waals surface area contributed by atoms with Crippen molar-refractivity contribution in [2.45, 2.75) is 19.3 Å². The van der Waals surface area contributed by atoms with Crippen molar-refractivity contribution in [1.29, 1.82) is 0 Å². The molecule has 0 spiro atoms. The molecule has 0 fully saturated rings. The Hall–Kier alpha value is 0.890. The topological polar surface area (TPSA) is 36.9 Å². The van der Waals surface area contributed by atoms with Crippen LogP contribution in [0.2, 0.25) is 0 Å². The SMILES string of the molecule is COCC(COCCCS)(COCCCS)COCCCS. The van der Waals surface area contributed by atoms with Crippen LogP contribution in [0.5, 0.6) is 0 Å². The molecule has 0 aromatic heterocycles. The van der Waals surface area contributed by atoms with Crippen LogP contribution in [0, 0.1) is 5.41 Å². The van der Waals surface area contributed by atoms with Gasteiger partial charge in [0, 0.05) is 26.9 Å². The number of rotatable bonds is 17. The predicted molar refractivity (Wildman–Crippen MR) is 102 cm³/mol. The van der Waals surface area contributed by atoms with Crippen LogP contribution in [-0.2, 0) is 18.9 Å². The fraction of sp³-hybridized carbons (Fsp3) is 1.00. The van der Waals surface area contributed by atoms with Crippen LogP contribution in [0.15, 0.2) is 0 Å². The van der Waals surface area contributed by atoms with Gasteiger partial charge in [-0.3, -0.25) is 0 Å². The molecule has 7 heteroatoms. The van der Waals surface area contributed by atoms with Gasteiger partial charge < -0.3 is 18.9 Å². The van der Waals surface area contributed by atoms with E-state index in [0.717, 1.165) is 36.5 Å². The lowest BCUT2D eigenvalue weighted by molar-refractivity contribution is -0.0994. The molecule has 0 atom stereocenters. The smallest absolute Gasteiger partial charge is 0.0637 e. The zero-order valence-electron chi connectivity index (χ0n) is 13.7. The Labute approximate surface area is 152 Å². The molecule has 0 unspecified atom stereocenters. The van der Waals surface area contributed by atoms with Gasteiger partial charge in [0.2, 0.25) is 0 Å². The summed E-state index contributed by atoms with van der Waals surface area (Å²) in [5.74, 6) is 2.48. The summed E-state index contributed by atoms with van der Waals surface area (Å²) in [6.07, 6.45) is 2.81. The number of methoxy groups -OCH3 is 1. The van der Waals surface area contributed by atoms with Crippen molar-refractivity contribution >= 4 is 37.9 Å². The second-order valence-electron chi connectivity index (χ2n) is 5.32. The molecule has 0 aliphatic rings. The third-order valence-corrected chi connectivity index (χ3v) is 3.96. The van der Waals surface area contributed by atoms with Crippen LogP contribution in [0.3, 0.4) is 0 Å². The van der Waals surface area contributed by atoms with E-state index in [0.29, 0.717) is 46.2 Å². The van der Waals surface area contributed by atoms with Crippen LogP contribution >= 0.6 is 37.9 Å². The molecule has 0 rings (SSSR count). The van der Waals surface area contributed by atoms with Gasteiger partial charge in [0.25, 0.3) is 0 Å². The molecule has 0 aliphatic carbocycles. The van der Waals surface area contributed by atoms with E-state index in [-0.39, 0.29) is 5.41 Å². The van der Waals surface area contributed by atoms with E-state index >= 15 is 0 Å². The lowest BCUT2D eigenvalue weighted by atomic mass is 9.92. The van der Waals surface area contributed by atoms with Gasteiger partial charge in [0.05, 0.1) is 31.8 Å². The summed E-state index contributed by atoms with van der Waals surface area (Å²) in [5, 5.41) is 0. The Kier molecular flexibility index (Phi) is 17.4. The van der Waals surface area contributed by atoms with Gasteiger partial charge in [-0.25, -0.2) is 0 Å². The van der Waals surface area contributed by atoms with Crippen molar-refractivity contribution in [2.75, 3.05) is 70.6 Å². The minimum absolute atomic E-state index is 0.265. The third kappa shape index (κ3) is 12.3. The van der Waals surface area contributed by atoms with E-state index in [1.807, 2.05) is 0 Å². The molecule has 0 heterocycles. The molecular weight excluding hydrogens is 340 g/mol. The second kappa shape index (κ2) is 16.7. The van der Waals surface area contributed by atoms with E-state index in [2.05, 4.69) is 37.9 Å². The Morgan fingerprint density at radius 1 is 0.636 bits per heavy atom. The normalized spacial score (nSPS) is 12.0. The summed E-state index contributed by atoms with van der Waals surface area (Å²) in [6, 6.07) is 0. The number of hydrogen-bond acceptors (Lipinski definition) is 7. The molecule has 0 saturated heterocycles. The predicted octanol–water partition coefficient (Wildman–Crippen LogP) is 2.63. The zero-order valence-corrected chi connectivity index (χ0v) is 16.4. The highest BCUT2D eigenvalue weighted by molar-refractivity contribution is 7.80. The van der Waals surface area contributed by atoms with Crippen molar-refractivity contribution in [3.8, 4) is 0 Å². The van der Waals surface area contributed by atoms with Gasteiger partial charge in [0.15, 0.2) is 0 Å². The standard InChI is InChI=1S/C15H32O4S3/c1-16-11-15(12-17-5-2-8-20,13-18-6-3-9-21)14-19-7-4-10-22/h20-22H,2-14H2,1H3. The lowest BCUT2D eigenvalue weighted by Gasteiger charge is -2.32. The van der Waals surface area contributed by atoms with Gasteiger partial charge in [-0.05, 0) is 36.5 Å². The van der Waals surface area contributed by atoms with E-state index in [9.17, 15) is 0 Å².